The first kappa shape index (κ1) is 18.1. The SMILES string of the molecule is CC(C(=O)Cl)N(c1cc(C(F)(F)F)ccc1Cl)S(C)(=O)=O. The minimum atomic E-state index is -4.68. The molecule has 21 heavy (non-hydrogen) atoms. The predicted octanol–water partition coefficient (Wildman–Crippen LogP) is 3.28. The van der Waals surface area contributed by atoms with Crippen molar-refractivity contribution in [2.24, 2.45) is 0 Å². The number of carbonyl (C=O) groups is 1. The Balaban J connectivity index is 3.55. The predicted molar refractivity (Wildman–Crippen MR) is 74.1 cm³/mol. The lowest BCUT2D eigenvalue weighted by molar-refractivity contribution is -0.137. The van der Waals surface area contributed by atoms with Gasteiger partial charge >= 0.3 is 6.18 Å². The van der Waals surface area contributed by atoms with Crippen molar-refractivity contribution in [1.82, 2.24) is 0 Å². The lowest BCUT2D eigenvalue weighted by Gasteiger charge is -2.28. The van der Waals surface area contributed by atoms with E-state index in [0.29, 0.717) is 16.4 Å². The Morgan fingerprint density at radius 2 is 1.86 bits per heavy atom. The van der Waals surface area contributed by atoms with Gasteiger partial charge in [0.2, 0.25) is 15.3 Å². The normalized spacial score (nSPS) is 13.9. The standard InChI is InChI=1S/C11H10Cl2F3NO3S/c1-6(10(13)18)17(21(2,19)20)9-5-7(11(14,15)16)3-4-8(9)12/h3-6H,1-2H3. The first-order chi connectivity index (χ1) is 9.35. The van der Waals surface area contributed by atoms with Gasteiger partial charge in [-0.05, 0) is 36.7 Å². The van der Waals surface area contributed by atoms with E-state index in [9.17, 15) is 26.4 Å². The molecule has 1 unspecified atom stereocenters. The molecule has 1 aromatic rings. The van der Waals surface area contributed by atoms with E-state index in [1.165, 1.54) is 0 Å². The lowest BCUT2D eigenvalue weighted by Crippen LogP contribution is -2.41. The Labute approximate surface area is 129 Å². The smallest absolute Gasteiger partial charge is 0.279 e. The topological polar surface area (TPSA) is 54.5 Å². The van der Waals surface area contributed by atoms with E-state index < -0.39 is 38.7 Å². The van der Waals surface area contributed by atoms with Gasteiger partial charge in [0, 0.05) is 0 Å². The Kier molecular flexibility index (Phi) is 5.18. The highest BCUT2D eigenvalue weighted by atomic mass is 35.5. The molecular weight excluding hydrogens is 354 g/mol. The van der Waals surface area contributed by atoms with Crippen molar-refractivity contribution in [1.29, 1.82) is 0 Å². The second-order valence-corrected chi connectivity index (χ2v) is 6.84. The van der Waals surface area contributed by atoms with Crippen LogP contribution < -0.4 is 4.31 Å². The summed E-state index contributed by atoms with van der Waals surface area (Å²) in [7, 11) is -4.07. The number of sulfonamides is 1. The van der Waals surface area contributed by atoms with Gasteiger partial charge in [0.05, 0.1) is 22.5 Å². The molecule has 0 saturated carbocycles. The van der Waals surface area contributed by atoms with Gasteiger partial charge in [0.15, 0.2) is 0 Å². The fourth-order valence-electron chi connectivity index (χ4n) is 1.62. The summed E-state index contributed by atoms with van der Waals surface area (Å²) in [4.78, 5) is 11.2. The molecule has 1 rings (SSSR count). The van der Waals surface area contributed by atoms with Crippen molar-refractivity contribution >= 4 is 44.2 Å². The molecule has 0 fully saturated rings. The van der Waals surface area contributed by atoms with E-state index in [4.69, 9.17) is 23.2 Å². The molecule has 1 atom stereocenters. The van der Waals surface area contributed by atoms with Gasteiger partial charge in [0.1, 0.15) is 6.04 Å². The number of rotatable bonds is 4. The summed E-state index contributed by atoms with van der Waals surface area (Å²) in [5.41, 5.74) is -1.56. The van der Waals surface area contributed by atoms with Crippen LogP contribution in [0.25, 0.3) is 0 Å². The van der Waals surface area contributed by atoms with Crippen molar-refractivity contribution < 1.29 is 26.4 Å². The quantitative estimate of drug-likeness (QED) is 0.771. The molecule has 0 aromatic heterocycles. The number of benzene rings is 1. The number of hydrogen-bond donors (Lipinski definition) is 0. The van der Waals surface area contributed by atoms with Crippen LogP contribution in [0.1, 0.15) is 12.5 Å². The van der Waals surface area contributed by atoms with E-state index in [1.54, 1.807) is 0 Å². The average molecular weight is 364 g/mol. The van der Waals surface area contributed by atoms with Crippen molar-refractivity contribution in [3.05, 3.63) is 28.8 Å². The second-order valence-electron chi connectivity index (χ2n) is 4.20. The molecule has 1 aromatic carbocycles. The molecule has 0 spiro atoms. The van der Waals surface area contributed by atoms with Gasteiger partial charge in [-0.25, -0.2) is 8.42 Å². The molecule has 0 aliphatic rings. The van der Waals surface area contributed by atoms with E-state index in [0.717, 1.165) is 19.2 Å². The molecule has 0 radical (unpaired) electrons. The highest BCUT2D eigenvalue weighted by Gasteiger charge is 2.34. The van der Waals surface area contributed by atoms with Crippen molar-refractivity contribution in [3.8, 4) is 0 Å². The van der Waals surface area contributed by atoms with E-state index >= 15 is 0 Å². The molecule has 118 valence electrons. The Morgan fingerprint density at radius 1 is 1.33 bits per heavy atom. The maximum atomic E-state index is 12.7. The monoisotopic (exact) mass is 363 g/mol. The highest BCUT2D eigenvalue weighted by molar-refractivity contribution is 7.92. The summed E-state index contributed by atoms with van der Waals surface area (Å²) >= 11 is 11.0. The molecule has 0 amide bonds. The van der Waals surface area contributed by atoms with Crippen LogP contribution in [0.4, 0.5) is 18.9 Å². The molecule has 4 nitrogen and oxygen atoms in total. The summed E-state index contributed by atoms with van der Waals surface area (Å²) in [5.74, 6) is 0. The third-order valence-corrected chi connectivity index (χ3v) is 4.41. The molecule has 0 saturated heterocycles. The minimum absolute atomic E-state index is 0.252. The van der Waals surface area contributed by atoms with Crippen LogP contribution in [-0.2, 0) is 21.0 Å². The van der Waals surface area contributed by atoms with Gasteiger partial charge in [-0.2, -0.15) is 13.2 Å². The zero-order valence-electron chi connectivity index (χ0n) is 10.8. The fourth-order valence-corrected chi connectivity index (χ4v) is 3.22. The van der Waals surface area contributed by atoms with E-state index in [2.05, 4.69) is 0 Å². The number of halogens is 5. The van der Waals surface area contributed by atoms with Gasteiger partial charge in [-0.15, -0.1) is 0 Å². The summed E-state index contributed by atoms with van der Waals surface area (Å²) in [6, 6.07) is 0.769. The lowest BCUT2D eigenvalue weighted by atomic mass is 10.2. The molecule has 0 heterocycles. The molecule has 0 bridgehead atoms. The molecular formula is C11H10Cl2F3NO3S. The zero-order valence-corrected chi connectivity index (χ0v) is 13.1. The first-order valence-corrected chi connectivity index (χ1v) is 8.01. The van der Waals surface area contributed by atoms with E-state index in [-0.39, 0.29) is 5.02 Å². The number of hydrogen-bond acceptors (Lipinski definition) is 3. The summed E-state index contributed by atoms with van der Waals surface area (Å²) in [6.07, 6.45) is -3.95. The first-order valence-electron chi connectivity index (χ1n) is 5.41. The zero-order chi connectivity index (χ0) is 16.6. The van der Waals surface area contributed by atoms with Crippen LogP contribution >= 0.6 is 23.2 Å². The average Bonchev–Trinajstić information content (AvgIpc) is 2.28. The van der Waals surface area contributed by atoms with Crippen LogP contribution in [0, 0.1) is 0 Å². The van der Waals surface area contributed by atoms with Gasteiger partial charge in [0.25, 0.3) is 0 Å². The Bertz CT molecular complexity index is 661. The van der Waals surface area contributed by atoms with Crippen LogP contribution in [0.15, 0.2) is 18.2 Å². The van der Waals surface area contributed by atoms with Gasteiger partial charge < -0.3 is 0 Å². The maximum absolute atomic E-state index is 12.7. The number of anilines is 1. The Morgan fingerprint density at radius 3 is 2.24 bits per heavy atom. The van der Waals surface area contributed by atoms with Crippen LogP contribution in [0.2, 0.25) is 5.02 Å². The fraction of sp³-hybridized carbons (Fsp3) is 0.364. The van der Waals surface area contributed by atoms with Crippen molar-refractivity contribution in [2.75, 3.05) is 10.6 Å². The molecule has 0 N–H and O–H groups in total. The Hall–Kier alpha value is -0.990. The van der Waals surface area contributed by atoms with Gasteiger partial charge in [-0.3, -0.25) is 9.10 Å². The molecule has 0 aliphatic carbocycles. The van der Waals surface area contributed by atoms with Crippen LogP contribution in [0.5, 0.6) is 0 Å². The minimum Gasteiger partial charge on any atom is -0.279 e. The third kappa shape index (κ3) is 4.24. The highest BCUT2D eigenvalue weighted by Crippen LogP contribution is 2.37. The largest absolute Gasteiger partial charge is 0.416 e. The van der Waals surface area contributed by atoms with Crippen LogP contribution in [-0.4, -0.2) is 26.0 Å². The summed E-state index contributed by atoms with van der Waals surface area (Å²) < 4.78 is 62.1. The summed E-state index contributed by atoms with van der Waals surface area (Å²) in [5, 5.41) is -1.30. The van der Waals surface area contributed by atoms with Crippen molar-refractivity contribution in [3.63, 3.8) is 0 Å². The van der Waals surface area contributed by atoms with Gasteiger partial charge in [-0.1, -0.05) is 11.6 Å². The number of alkyl halides is 3. The van der Waals surface area contributed by atoms with E-state index in [1.807, 2.05) is 0 Å². The second kappa shape index (κ2) is 6.02. The molecule has 0 aliphatic heterocycles. The molecule has 10 heteroatoms. The number of nitrogens with zero attached hydrogens (tertiary/aromatic N) is 1. The van der Waals surface area contributed by atoms with Crippen molar-refractivity contribution in [2.45, 2.75) is 19.1 Å². The van der Waals surface area contributed by atoms with Crippen LogP contribution in [0.3, 0.4) is 0 Å². The number of carbonyl (C=O) groups excluding carboxylic acids is 1. The summed E-state index contributed by atoms with van der Waals surface area (Å²) in [6.45, 7) is 1.15. The maximum Gasteiger partial charge on any atom is 0.416 e. The third-order valence-electron chi connectivity index (χ3n) is 2.55.